The molecule has 12 heteroatoms. The third-order valence-corrected chi connectivity index (χ3v) is 7.43. The van der Waals surface area contributed by atoms with Gasteiger partial charge in [0.25, 0.3) is 5.91 Å². The molecule has 2 amide bonds. The van der Waals surface area contributed by atoms with E-state index in [1.54, 1.807) is 12.1 Å². The summed E-state index contributed by atoms with van der Waals surface area (Å²) in [5, 5.41) is 6.88. The summed E-state index contributed by atoms with van der Waals surface area (Å²) in [5.74, 6) is -0.557. The molecule has 2 bridgehead atoms. The zero-order chi connectivity index (χ0) is 22.7. The van der Waals surface area contributed by atoms with Crippen molar-refractivity contribution in [3.63, 3.8) is 0 Å². The first kappa shape index (κ1) is 21.9. The van der Waals surface area contributed by atoms with Crippen LogP contribution < -0.4 is 10.6 Å². The second-order valence-corrected chi connectivity index (χ2v) is 10.3. The highest BCUT2D eigenvalue weighted by Gasteiger charge is 2.69. The number of carbonyl (C=O) groups excluding carboxylic acids is 2. The first-order chi connectivity index (χ1) is 15.0. The summed E-state index contributed by atoms with van der Waals surface area (Å²) in [6.07, 6.45) is -3.86. The number of hydrogen-bond donors (Lipinski definition) is 2. The second kappa shape index (κ2) is 7.54. The van der Waals surface area contributed by atoms with Crippen molar-refractivity contribution >= 4 is 45.0 Å². The lowest BCUT2D eigenvalue weighted by molar-refractivity contribution is -0.357. The molecule has 4 aliphatic rings. The molecule has 4 fully saturated rings. The van der Waals surface area contributed by atoms with Gasteiger partial charge in [0.05, 0.1) is 22.4 Å². The minimum absolute atomic E-state index is 0.116. The Morgan fingerprint density at radius 1 is 1.16 bits per heavy atom. The van der Waals surface area contributed by atoms with Gasteiger partial charge in [-0.15, -0.1) is 24.5 Å². The van der Waals surface area contributed by atoms with Crippen molar-refractivity contribution in [3.05, 3.63) is 28.2 Å². The van der Waals surface area contributed by atoms with Crippen molar-refractivity contribution in [3.8, 4) is 0 Å². The highest BCUT2D eigenvalue weighted by atomic mass is 35.5. The van der Waals surface area contributed by atoms with Crippen LogP contribution in [-0.2, 0) is 14.3 Å². The van der Waals surface area contributed by atoms with Crippen LogP contribution in [0.3, 0.4) is 0 Å². The maximum absolute atomic E-state index is 12.6. The molecule has 32 heavy (non-hydrogen) atoms. The van der Waals surface area contributed by atoms with E-state index in [4.69, 9.17) is 16.3 Å². The number of thiazole rings is 1. The van der Waals surface area contributed by atoms with Gasteiger partial charge in [0.1, 0.15) is 6.61 Å². The zero-order valence-corrected chi connectivity index (χ0v) is 18.2. The Bertz CT molecular complexity index is 1070. The Hall–Kier alpha value is -1.95. The van der Waals surface area contributed by atoms with Crippen LogP contribution in [0.15, 0.2) is 18.2 Å². The van der Waals surface area contributed by atoms with Crippen molar-refractivity contribution in [2.75, 3.05) is 6.61 Å². The van der Waals surface area contributed by atoms with Crippen LogP contribution in [0.5, 0.6) is 0 Å². The minimum Gasteiger partial charge on any atom is -0.368 e. The molecule has 1 heterocycles. The Morgan fingerprint density at radius 2 is 1.84 bits per heavy atom. The van der Waals surface area contributed by atoms with Crippen molar-refractivity contribution in [1.82, 2.24) is 15.6 Å². The number of fused-ring (bicyclic) bond motifs is 1. The summed E-state index contributed by atoms with van der Waals surface area (Å²) in [5.41, 5.74) is -0.00974. The first-order valence-electron chi connectivity index (χ1n) is 10.1. The van der Waals surface area contributed by atoms with Crippen LogP contribution >= 0.6 is 22.9 Å². The van der Waals surface area contributed by atoms with E-state index in [9.17, 15) is 22.8 Å². The number of nitrogens with one attached hydrogen (secondary N) is 2. The summed E-state index contributed by atoms with van der Waals surface area (Å²) >= 11 is 7.26. The van der Waals surface area contributed by atoms with Crippen LogP contribution in [0, 0.1) is 0 Å². The predicted molar refractivity (Wildman–Crippen MR) is 109 cm³/mol. The molecule has 1 aromatic carbocycles. The molecule has 0 saturated heterocycles. The standard InChI is InChI=1S/C20H19ClF3N3O4S/c21-10-1-2-14-13(3-10)25-17(32-14)16(29)27-19-7-18(8-19,9-19)26-15(28)6-30-11-4-12(5-11)31-20(22,23)24/h1-3,11-12H,4-9H2,(H,26,28)(H,27,29)/t11-,12+,18?,19?. The summed E-state index contributed by atoms with van der Waals surface area (Å²) in [6, 6.07) is 5.29. The molecule has 2 N–H and O–H groups in total. The van der Waals surface area contributed by atoms with Gasteiger partial charge in [-0.05, 0) is 37.5 Å². The fourth-order valence-electron chi connectivity index (χ4n) is 4.81. The number of rotatable bonds is 7. The van der Waals surface area contributed by atoms with Crippen LogP contribution in [-0.4, -0.2) is 53.1 Å². The van der Waals surface area contributed by atoms with Gasteiger partial charge in [0.15, 0.2) is 5.01 Å². The van der Waals surface area contributed by atoms with Crippen molar-refractivity contribution in [1.29, 1.82) is 0 Å². The Morgan fingerprint density at radius 3 is 2.53 bits per heavy atom. The van der Waals surface area contributed by atoms with E-state index in [1.165, 1.54) is 11.3 Å². The Balaban J connectivity index is 1.04. The molecule has 6 rings (SSSR count). The van der Waals surface area contributed by atoms with Gasteiger partial charge < -0.3 is 15.4 Å². The highest BCUT2D eigenvalue weighted by molar-refractivity contribution is 7.20. The molecule has 0 unspecified atom stereocenters. The van der Waals surface area contributed by atoms with Crippen LogP contribution in [0.25, 0.3) is 10.2 Å². The van der Waals surface area contributed by atoms with Gasteiger partial charge in [-0.1, -0.05) is 11.6 Å². The maximum Gasteiger partial charge on any atom is 0.522 e. The molecule has 4 aliphatic carbocycles. The number of aromatic nitrogens is 1. The summed E-state index contributed by atoms with van der Waals surface area (Å²) in [7, 11) is 0. The summed E-state index contributed by atoms with van der Waals surface area (Å²) in [4.78, 5) is 29.1. The fourth-order valence-corrected chi connectivity index (χ4v) is 5.82. The number of alkyl halides is 3. The quantitative estimate of drug-likeness (QED) is 0.621. The molecular formula is C20H19ClF3N3O4S. The molecular weight excluding hydrogens is 471 g/mol. The number of nitrogens with zero attached hydrogens (tertiary/aromatic N) is 1. The van der Waals surface area contributed by atoms with E-state index in [-0.39, 0.29) is 42.3 Å². The van der Waals surface area contributed by atoms with Crippen molar-refractivity contribution in [2.24, 2.45) is 0 Å². The van der Waals surface area contributed by atoms with Gasteiger partial charge in [0.2, 0.25) is 5.91 Å². The van der Waals surface area contributed by atoms with Crippen molar-refractivity contribution in [2.45, 2.75) is 61.8 Å². The van der Waals surface area contributed by atoms with E-state index in [1.807, 2.05) is 6.07 Å². The summed E-state index contributed by atoms with van der Waals surface area (Å²) < 4.78 is 46.5. The zero-order valence-electron chi connectivity index (χ0n) is 16.6. The molecule has 0 radical (unpaired) electrons. The predicted octanol–water partition coefficient (Wildman–Crippen LogP) is 3.55. The molecule has 172 valence electrons. The number of ether oxygens (including phenoxy) is 2. The average Bonchev–Trinajstić information content (AvgIpc) is 3.02. The van der Waals surface area contributed by atoms with E-state index < -0.39 is 18.6 Å². The third kappa shape index (κ3) is 4.30. The average molecular weight is 490 g/mol. The van der Waals surface area contributed by atoms with Crippen LogP contribution in [0.1, 0.15) is 41.9 Å². The lowest BCUT2D eigenvalue weighted by atomic mass is 9.44. The number of amides is 2. The number of halogens is 4. The lowest BCUT2D eigenvalue weighted by Crippen LogP contribution is -2.84. The van der Waals surface area contributed by atoms with Gasteiger partial charge >= 0.3 is 6.36 Å². The first-order valence-corrected chi connectivity index (χ1v) is 11.3. The van der Waals surface area contributed by atoms with Gasteiger partial charge in [-0.2, -0.15) is 0 Å². The minimum atomic E-state index is -4.65. The SMILES string of the molecule is O=C(CO[C@H]1C[C@@H](OC(F)(F)F)C1)NC12CC(NC(=O)c3nc4cc(Cl)ccc4s3)(C1)C2. The number of carbonyl (C=O) groups is 2. The highest BCUT2D eigenvalue weighted by Crippen LogP contribution is 2.60. The van der Waals surface area contributed by atoms with Crippen LogP contribution in [0.2, 0.25) is 5.02 Å². The molecule has 0 atom stereocenters. The molecule has 7 nitrogen and oxygen atoms in total. The van der Waals surface area contributed by atoms with Gasteiger partial charge in [-0.25, -0.2) is 4.98 Å². The molecule has 0 aliphatic heterocycles. The Labute approximate surface area is 189 Å². The third-order valence-electron chi connectivity index (χ3n) is 6.16. The molecule has 4 saturated carbocycles. The molecule has 0 spiro atoms. The largest absolute Gasteiger partial charge is 0.522 e. The van der Waals surface area contributed by atoms with E-state index in [0.29, 0.717) is 34.8 Å². The monoisotopic (exact) mass is 489 g/mol. The van der Waals surface area contributed by atoms with Gasteiger partial charge in [0, 0.05) is 28.9 Å². The van der Waals surface area contributed by atoms with Crippen LogP contribution in [0.4, 0.5) is 13.2 Å². The number of benzene rings is 1. The van der Waals surface area contributed by atoms with E-state index in [0.717, 1.165) is 4.70 Å². The van der Waals surface area contributed by atoms with E-state index >= 15 is 0 Å². The molecule has 2 aromatic rings. The smallest absolute Gasteiger partial charge is 0.368 e. The molecule has 1 aromatic heterocycles. The van der Waals surface area contributed by atoms with Crippen molar-refractivity contribution < 1.29 is 32.2 Å². The lowest BCUT2D eigenvalue weighted by Gasteiger charge is -2.70. The maximum atomic E-state index is 12.6. The van der Waals surface area contributed by atoms with Gasteiger partial charge in [-0.3, -0.25) is 14.3 Å². The fraction of sp³-hybridized carbons (Fsp3) is 0.550. The Kier molecular flexibility index (Phi) is 5.16. The summed E-state index contributed by atoms with van der Waals surface area (Å²) in [6.45, 7) is -0.210. The topological polar surface area (TPSA) is 89.5 Å². The normalized spacial score (nSPS) is 30.8. The second-order valence-electron chi connectivity index (χ2n) is 8.81. The van der Waals surface area contributed by atoms with E-state index in [2.05, 4.69) is 20.4 Å². The number of hydrogen-bond acceptors (Lipinski definition) is 6.